The van der Waals surface area contributed by atoms with Crippen molar-refractivity contribution in [3.63, 3.8) is 0 Å². The van der Waals surface area contributed by atoms with E-state index in [1.54, 1.807) is 5.57 Å². The molecule has 2 heterocycles. The van der Waals surface area contributed by atoms with Crippen molar-refractivity contribution in [1.29, 1.82) is 0 Å². The van der Waals surface area contributed by atoms with Crippen molar-refractivity contribution < 1.29 is 14.6 Å². The van der Waals surface area contributed by atoms with E-state index in [2.05, 4.69) is 33.4 Å². The average molecular weight is 413 g/mol. The van der Waals surface area contributed by atoms with Crippen LogP contribution >= 0.6 is 0 Å². The highest BCUT2D eigenvalue weighted by atomic mass is 16.7. The minimum absolute atomic E-state index is 0.113. The smallest absolute Gasteiger partial charge is 0.172 e. The molecule has 0 amide bonds. The van der Waals surface area contributed by atoms with Crippen molar-refractivity contribution in [3.05, 3.63) is 23.8 Å². The predicted octanol–water partition coefficient (Wildman–Crippen LogP) is 5.63. The molecule has 0 radical (unpaired) electrons. The number of hydrogen-bond donors (Lipinski definition) is 1. The largest absolute Gasteiger partial charge is 0.393 e. The van der Waals surface area contributed by atoms with Gasteiger partial charge < -0.3 is 14.6 Å². The molecular weight excluding hydrogens is 372 g/mol. The zero-order valence-corrected chi connectivity index (χ0v) is 19.2. The lowest BCUT2D eigenvalue weighted by Crippen LogP contribution is -2.52. The van der Waals surface area contributed by atoms with Crippen molar-refractivity contribution in [2.75, 3.05) is 6.61 Å². The van der Waals surface area contributed by atoms with Crippen LogP contribution in [-0.2, 0) is 9.47 Å². The molecule has 4 aliphatic carbocycles. The Morgan fingerprint density at radius 2 is 1.97 bits per heavy atom. The summed E-state index contributed by atoms with van der Waals surface area (Å²) in [6.45, 7) is 12.4. The van der Waals surface area contributed by atoms with Gasteiger partial charge in [0.25, 0.3) is 0 Å². The monoisotopic (exact) mass is 412 g/mol. The van der Waals surface area contributed by atoms with E-state index in [4.69, 9.17) is 9.47 Å². The number of rotatable bonds is 0. The lowest BCUT2D eigenvalue weighted by Gasteiger charge is -2.58. The SMILES string of the molecule is C=C1CCC2(OC1)OC1CC3C4CC=C5CC(O)CCC5(C)C4CCC3(C)C1C2C. The Balaban J connectivity index is 1.29. The van der Waals surface area contributed by atoms with E-state index in [1.807, 2.05) is 0 Å². The Labute approximate surface area is 182 Å². The van der Waals surface area contributed by atoms with Crippen LogP contribution in [0.4, 0.5) is 0 Å². The van der Waals surface area contributed by atoms with E-state index in [0.717, 1.165) is 43.4 Å². The molecule has 3 saturated carbocycles. The van der Waals surface area contributed by atoms with Gasteiger partial charge in [0.15, 0.2) is 5.79 Å². The van der Waals surface area contributed by atoms with Gasteiger partial charge in [0.1, 0.15) is 0 Å². The van der Waals surface area contributed by atoms with Gasteiger partial charge in [-0.25, -0.2) is 0 Å². The summed E-state index contributed by atoms with van der Waals surface area (Å²) >= 11 is 0. The molecule has 166 valence electrons. The lowest BCUT2D eigenvalue weighted by molar-refractivity contribution is -0.255. The van der Waals surface area contributed by atoms with Crippen LogP contribution in [-0.4, -0.2) is 29.7 Å². The van der Waals surface area contributed by atoms with Crippen LogP contribution in [0.3, 0.4) is 0 Å². The van der Waals surface area contributed by atoms with E-state index in [1.165, 1.54) is 37.7 Å². The van der Waals surface area contributed by atoms with Crippen molar-refractivity contribution in [2.24, 2.45) is 40.4 Å². The molecule has 1 spiro atoms. The third-order valence-electron chi connectivity index (χ3n) is 11.1. The maximum absolute atomic E-state index is 10.3. The fourth-order valence-corrected chi connectivity index (χ4v) is 9.49. The number of aliphatic hydroxyl groups excluding tert-OH is 1. The van der Waals surface area contributed by atoms with Gasteiger partial charge in [-0.05, 0) is 85.9 Å². The van der Waals surface area contributed by atoms with Gasteiger partial charge in [-0.2, -0.15) is 0 Å². The van der Waals surface area contributed by atoms with Gasteiger partial charge in [0, 0.05) is 12.3 Å². The lowest BCUT2D eigenvalue weighted by atomic mass is 9.47. The summed E-state index contributed by atoms with van der Waals surface area (Å²) in [5.41, 5.74) is 3.49. The molecule has 3 nitrogen and oxygen atoms in total. The highest BCUT2D eigenvalue weighted by Gasteiger charge is 2.68. The number of hydrogen-bond acceptors (Lipinski definition) is 3. The van der Waals surface area contributed by atoms with Crippen LogP contribution in [0.25, 0.3) is 0 Å². The van der Waals surface area contributed by atoms with E-state index in [9.17, 15) is 5.11 Å². The topological polar surface area (TPSA) is 38.7 Å². The highest BCUT2D eigenvalue weighted by Crippen LogP contribution is 2.70. The molecule has 3 heteroatoms. The van der Waals surface area contributed by atoms with Gasteiger partial charge in [-0.1, -0.05) is 44.6 Å². The average Bonchev–Trinajstić information content (AvgIpc) is 3.16. The number of ether oxygens (including phenoxy) is 2. The normalized spacial score (nSPS) is 57.4. The molecule has 1 N–H and O–H groups in total. The van der Waals surface area contributed by atoms with Crippen molar-refractivity contribution in [1.82, 2.24) is 0 Å². The second-order valence-corrected chi connectivity index (χ2v) is 12.3. The minimum Gasteiger partial charge on any atom is -0.393 e. The molecule has 10 unspecified atom stereocenters. The first-order valence-corrected chi connectivity index (χ1v) is 12.6. The maximum atomic E-state index is 10.3. The molecular formula is C27H40O3. The number of aliphatic hydroxyl groups is 1. The molecule has 2 saturated heterocycles. The van der Waals surface area contributed by atoms with Crippen LogP contribution in [0.15, 0.2) is 23.8 Å². The third kappa shape index (κ3) is 2.49. The van der Waals surface area contributed by atoms with Gasteiger partial charge in [0.2, 0.25) is 0 Å². The fourth-order valence-electron chi connectivity index (χ4n) is 9.49. The molecule has 10 atom stereocenters. The van der Waals surface area contributed by atoms with E-state index in [0.29, 0.717) is 35.4 Å². The zero-order chi connectivity index (χ0) is 20.9. The Hall–Kier alpha value is -0.640. The summed E-state index contributed by atoms with van der Waals surface area (Å²) in [4.78, 5) is 0. The molecule has 0 bridgehead atoms. The van der Waals surface area contributed by atoms with Gasteiger partial charge in [-0.15, -0.1) is 0 Å². The fraction of sp³-hybridized carbons (Fsp3) is 0.852. The molecule has 30 heavy (non-hydrogen) atoms. The Morgan fingerprint density at radius 1 is 1.13 bits per heavy atom. The van der Waals surface area contributed by atoms with Crippen molar-refractivity contribution >= 4 is 0 Å². The first-order chi connectivity index (χ1) is 14.3. The van der Waals surface area contributed by atoms with E-state index >= 15 is 0 Å². The van der Waals surface area contributed by atoms with Crippen molar-refractivity contribution in [2.45, 2.75) is 96.6 Å². The quantitative estimate of drug-likeness (QED) is 0.524. The van der Waals surface area contributed by atoms with E-state index < -0.39 is 0 Å². The Morgan fingerprint density at radius 3 is 2.73 bits per heavy atom. The van der Waals surface area contributed by atoms with Gasteiger partial charge >= 0.3 is 0 Å². The van der Waals surface area contributed by atoms with Crippen LogP contribution in [0, 0.1) is 40.4 Å². The predicted molar refractivity (Wildman–Crippen MR) is 118 cm³/mol. The van der Waals surface area contributed by atoms with Crippen LogP contribution < -0.4 is 0 Å². The molecule has 5 fully saturated rings. The summed E-state index contributed by atoms with van der Waals surface area (Å²) < 4.78 is 13.2. The first-order valence-electron chi connectivity index (χ1n) is 12.6. The van der Waals surface area contributed by atoms with Crippen LogP contribution in [0.5, 0.6) is 0 Å². The summed E-state index contributed by atoms with van der Waals surface area (Å²) in [7, 11) is 0. The second kappa shape index (κ2) is 6.45. The van der Waals surface area contributed by atoms with E-state index in [-0.39, 0.29) is 11.9 Å². The first kappa shape index (κ1) is 20.0. The van der Waals surface area contributed by atoms with Crippen LogP contribution in [0.1, 0.15) is 78.6 Å². The summed E-state index contributed by atoms with van der Waals surface area (Å²) in [5.74, 6) is 3.09. The highest BCUT2D eigenvalue weighted by molar-refractivity contribution is 5.26. The standard InChI is InChI=1S/C27H40O3/c1-16-7-12-27(29-15-16)17(2)24-23(30-27)14-22-20-6-5-18-13-19(28)8-10-25(18,3)21(20)9-11-26(22,24)4/h5,17,19-24,28H,1,6-15H2,2-4H3. The Kier molecular flexibility index (Phi) is 4.30. The molecule has 6 rings (SSSR count). The molecule has 0 aromatic carbocycles. The maximum Gasteiger partial charge on any atom is 0.172 e. The van der Waals surface area contributed by atoms with Crippen molar-refractivity contribution in [3.8, 4) is 0 Å². The molecule has 0 aromatic heterocycles. The second-order valence-electron chi connectivity index (χ2n) is 12.3. The van der Waals surface area contributed by atoms with Gasteiger partial charge in [0.05, 0.1) is 18.8 Å². The molecule has 2 aliphatic heterocycles. The summed E-state index contributed by atoms with van der Waals surface area (Å²) in [6, 6.07) is 0. The third-order valence-corrected chi connectivity index (χ3v) is 11.1. The molecule has 0 aromatic rings. The Bertz CT molecular complexity index is 775. The summed E-state index contributed by atoms with van der Waals surface area (Å²) in [6.07, 6.45) is 13.0. The minimum atomic E-state index is -0.355. The number of allylic oxidation sites excluding steroid dienone is 1. The zero-order valence-electron chi connectivity index (χ0n) is 19.2. The van der Waals surface area contributed by atoms with Crippen LogP contribution in [0.2, 0.25) is 0 Å². The molecule has 6 aliphatic rings. The summed E-state index contributed by atoms with van der Waals surface area (Å²) in [5, 5.41) is 10.3. The number of fused-ring (bicyclic) bond motifs is 7. The van der Waals surface area contributed by atoms with Gasteiger partial charge in [-0.3, -0.25) is 0 Å².